The molecule has 0 aliphatic carbocycles. The van der Waals surface area contributed by atoms with Crippen LogP contribution >= 0.6 is 11.8 Å². The Hall–Kier alpha value is -3.91. The minimum absolute atomic E-state index is 0.0841. The third-order valence-electron chi connectivity index (χ3n) is 5.37. The highest BCUT2D eigenvalue weighted by Gasteiger charge is 2.15. The maximum Gasteiger partial charge on any atom is 0.262 e. The van der Waals surface area contributed by atoms with E-state index in [2.05, 4.69) is 10.1 Å². The SMILES string of the molecule is COc1ccc(Cn2c(SCc3nc(Cc4ccccc4)no3)nc3ccccc3c2=O)cc1. The first-order valence-electron chi connectivity index (χ1n) is 10.8. The second-order valence-corrected chi connectivity index (χ2v) is 8.65. The van der Waals surface area contributed by atoms with Crippen LogP contribution in [0.1, 0.15) is 22.8 Å². The lowest BCUT2D eigenvalue weighted by Crippen LogP contribution is -2.24. The summed E-state index contributed by atoms with van der Waals surface area (Å²) >= 11 is 1.41. The number of methoxy groups -OCH3 is 1. The summed E-state index contributed by atoms with van der Waals surface area (Å²) in [6.45, 7) is 0.395. The minimum atomic E-state index is -0.0841. The molecule has 0 radical (unpaired) electrons. The van der Waals surface area contributed by atoms with Crippen molar-refractivity contribution < 1.29 is 9.26 Å². The van der Waals surface area contributed by atoms with Crippen LogP contribution in [0.2, 0.25) is 0 Å². The average Bonchev–Trinajstić information content (AvgIpc) is 3.33. The van der Waals surface area contributed by atoms with E-state index in [1.165, 1.54) is 11.8 Å². The molecule has 0 unspecified atom stereocenters. The van der Waals surface area contributed by atoms with Crippen molar-refractivity contribution in [1.29, 1.82) is 0 Å². The normalized spacial score (nSPS) is 11.1. The number of benzene rings is 3. The third-order valence-corrected chi connectivity index (χ3v) is 6.33. The van der Waals surface area contributed by atoms with Gasteiger partial charge in [0.2, 0.25) is 5.89 Å². The summed E-state index contributed by atoms with van der Waals surface area (Å²) < 4.78 is 12.4. The number of thioether (sulfide) groups is 1. The Morgan fingerprint density at radius 3 is 2.47 bits per heavy atom. The fourth-order valence-corrected chi connectivity index (χ4v) is 4.47. The molecule has 5 rings (SSSR count). The van der Waals surface area contributed by atoms with Crippen LogP contribution < -0.4 is 10.3 Å². The summed E-state index contributed by atoms with van der Waals surface area (Å²) in [6.07, 6.45) is 0.603. The van der Waals surface area contributed by atoms with E-state index in [1.54, 1.807) is 17.7 Å². The molecule has 0 aliphatic heterocycles. The summed E-state index contributed by atoms with van der Waals surface area (Å²) in [5.74, 6) is 2.30. The number of hydrogen-bond acceptors (Lipinski definition) is 7. The van der Waals surface area contributed by atoms with Crippen LogP contribution in [0, 0.1) is 0 Å². The van der Waals surface area contributed by atoms with Gasteiger partial charge < -0.3 is 9.26 Å². The van der Waals surface area contributed by atoms with E-state index in [9.17, 15) is 4.79 Å². The first-order valence-corrected chi connectivity index (χ1v) is 11.8. The summed E-state index contributed by atoms with van der Waals surface area (Å²) in [5, 5.41) is 5.28. The predicted molar refractivity (Wildman–Crippen MR) is 131 cm³/mol. The van der Waals surface area contributed by atoms with Crippen LogP contribution in [0.25, 0.3) is 10.9 Å². The highest BCUT2D eigenvalue weighted by molar-refractivity contribution is 7.98. The molecule has 0 atom stereocenters. The number of rotatable bonds is 8. The van der Waals surface area contributed by atoms with Crippen molar-refractivity contribution in [3.63, 3.8) is 0 Å². The molecule has 5 aromatic rings. The van der Waals surface area contributed by atoms with Crippen molar-refractivity contribution in [3.05, 3.63) is 112 Å². The lowest BCUT2D eigenvalue weighted by molar-refractivity contribution is 0.385. The van der Waals surface area contributed by atoms with Crippen LogP contribution in [-0.4, -0.2) is 26.8 Å². The molecule has 170 valence electrons. The summed E-state index contributed by atoms with van der Waals surface area (Å²) in [6, 6.07) is 25.1. The lowest BCUT2D eigenvalue weighted by atomic mass is 10.1. The smallest absolute Gasteiger partial charge is 0.262 e. The molecule has 0 N–H and O–H groups in total. The van der Waals surface area contributed by atoms with Gasteiger partial charge in [0.25, 0.3) is 5.56 Å². The Bertz CT molecular complexity index is 1460. The molecule has 7 nitrogen and oxygen atoms in total. The zero-order chi connectivity index (χ0) is 23.3. The number of fused-ring (bicyclic) bond motifs is 1. The Morgan fingerprint density at radius 2 is 1.68 bits per heavy atom. The van der Waals surface area contributed by atoms with Crippen LogP contribution in [0.15, 0.2) is 93.3 Å². The van der Waals surface area contributed by atoms with Crippen LogP contribution in [0.4, 0.5) is 0 Å². The molecule has 0 saturated heterocycles. The van der Waals surface area contributed by atoms with Crippen molar-refractivity contribution in [3.8, 4) is 5.75 Å². The van der Waals surface area contributed by atoms with Gasteiger partial charge in [-0.3, -0.25) is 9.36 Å². The summed E-state index contributed by atoms with van der Waals surface area (Å²) in [4.78, 5) is 22.6. The maximum absolute atomic E-state index is 13.3. The molecule has 0 amide bonds. The van der Waals surface area contributed by atoms with Gasteiger partial charge in [-0.25, -0.2) is 4.98 Å². The van der Waals surface area contributed by atoms with Crippen molar-refractivity contribution in [2.45, 2.75) is 23.9 Å². The molecule has 2 aromatic heterocycles. The highest BCUT2D eigenvalue weighted by atomic mass is 32.2. The Kier molecular flexibility index (Phi) is 6.40. The Balaban J connectivity index is 1.40. The molecular weight excluding hydrogens is 448 g/mol. The second-order valence-electron chi connectivity index (χ2n) is 7.71. The molecule has 0 spiro atoms. The van der Waals surface area contributed by atoms with E-state index in [4.69, 9.17) is 14.2 Å². The topological polar surface area (TPSA) is 83.0 Å². The Morgan fingerprint density at radius 1 is 0.912 bits per heavy atom. The monoisotopic (exact) mass is 470 g/mol. The maximum atomic E-state index is 13.3. The van der Waals surface area contributed by atoms with Crippen molar-refractivity contribution in [2.75, 3.05) is 7.11 Å². The molecule has 0 fully saturated rings. The molecule has 2 heterocycles. The van der Waals surface area contributed by atoms with Gasteiger partial charge in [-0.15, -0.1) is 0 Å². The first kappa shape index (κ1) is 21.9. The number of hydrogen-bond donors (Lipinski definition) is 0. The van der Waals surface area contributed by atoms with Gasteiger partial charge in [0, 0.05) is 6.42 Å². The van der Waals surface area contributed by atoms with Crippen molar-refractivity contribution >= 4 is 22.7 Å². The minimum Gasteiger partial charge on any atom is -0.497 e. The molecule has 34 heavy (non-hydrogen) atoms. The van der Waals surface area contributed by atoms with Gasteiger partial charge in [-0.1, -0.05) is 71.5 Å². The van der Waals surface area contributed by atoms with E-state index in [0.717, 1.165) is 16.9 Å². The van der Waals surface area contributed by atoms with E-state index in [0.29, 0.717) is 46.5 Å². The highest BCUT2D eigenvalue weighted by Crippen LogP contribution is 2.23. The number of nitrogens with zero attached hydrogens (tertiary/aromatic N) is 4. The van der Waals surface area contributed by atoms with E-state index in [-0.39, 0.29) is 5.56 Å². The molecule has 0 aliphatic rings. The fraction of sp³-hybridized carbons (Fsp3) is 0.154. The lowest BCUT2D eigenvalue weighted by Gasteiger charge is -2.13. The van der Waals surface area contributed by atoms with Gasteiger partial charge in [0.1, 0.15) is 5.75 Å². The molecule has 3 aromatic carbocycles. The average molecular weight is 471 g/mol. The van der Waals surface area contributed by atoms with Gasteiger partial charge >= 0.3 is 0 Å². The zero-order valence-electron chi connectivity index (χ0n) is 18.5. The van der Waals surface area contributed by atoms with Crippen molar-refractivity contribution in [2.24, 2.45) is 0 Å². The predicted octanol–water partition coefficient (Wildman–Crippen LogP) is 4.72. The molecule has 0 saturated carbocycles. The second kappa shape index (κ2) is 9.93. The van der Waals surface area contributed by atoms with Gasteiger partial charge in [0.05, 0.1) is 30.3 Å². The van der Waals surface area contributed by atoms with Gasteiger partial charge in [-0.2, -0.15) is 4.98 Å². The number of aromatic nitrogens is 4. The number of ether oxygens (including phenoxy) is 1. The quantitative estimate of drug-likeness (QED) is 0.240. The van der Waals surface area contributed by atoms with Crippen LogP contribution in [0.5, 0.6) is 5.75 Å². The van der Waals surface area contributed by atoms with E-state index in [1.807, 2.05) is 72.8 Å². The fourth-order valence-electron chi connectivity index (χ4n) is 3.64. The van der Waals surface area contributed by atoms with Gasteiger partial charge in [-0.05, 0) is 35.4 Å². The number of para-hydroxylation sites is 1. The van der Waals surface area contributed by atoms with Crippen LogP contribution in [-0.2, 0) is 18.7 Å². The molecule has 0 bridgehead atoms. The molecule has 8 heteroatoms. The molecular formula is C26H22N4O3S. The van der Waals surface area contributed by atoms with E-state index >= 15 is 0 Å². The van der Waals surface area contributed by atoms with Crippen molar-refractivity contribution in [1.82, 2.24) is 19.7 Å². The van der Waals surface area contributed by atoms with E-state index < -0.39 is 0 Å². The zero-order valence-corrected chi connectivity index (χ0v) is 19.4. The largest absolute Gasteiger partial charge is 0.497 e. The standard InChI is InChI=1S/C26H22N4O3S/c1-32-20-13-11-19(12-14-20)16-30-25(31)21-9-5-6-10-22(21)27-26(30)34-17-24-28-23(29-33-24)15-18-7-3-2-4-8-18/h2-14H,15-17H2,1H3. The van der Waals surface area contributed by atoms with Gasteiger partial charge in [0.15, 0.2) is 11.0 Å². The first-order chi connectivity index (χ1) is 16.7. The third kappa shape index (κ3) is 4.87. The Labute approximate surface area is 200 Å². The van der Waals surface area contributed by atoms with Crippen LogP contribution in [0.3, 0.4) is 0 Å². The summed E-state index contributed by atoms with van der Waals surface area (Å²) in [5.41, 5.74) is 2.67. The summed E-state index contributed by atoms with van der Waals surface area (Å²) in [7, 11) is 1.63.